The van der Waals surface area contributed by atoms with E-state index < -0.39 is 0 Å². The van der Waals surface area contributed by atoms with Crippen molar-refractivity contribution in [1.29, 1.82) is 0 Å². The Morgan fingerprint density at radius 3 is 2.61 bits per heavy atom. The van der Waals surface area contributed by atoms with E-state index >= 15 is 0 Å². The van der Waals surface area contributed by atoms with Gasteiger partial charge in [0.2, 0.25) is 0 Å². The molecule has 0 spiro atoms. The van der Waals surface area contributed by atoms with Gasteiger partial charge in [0.25, 0.3) is 5.56 Å². The van der Waals surface area contributed by atoms with Gasteiger partial charge in [0.05, 0.1) is 23.7 Å². The Kier molecular flexibility index (Phi) is 6.70. The van der Waals surface area contributed by atoms with Crippen LogP contribution < -0.4 is 5.56 Å². The summed E-state index contributed by atoms with van der Waals surface area (Å²) in [6.07, 6.45) is 7.26. The molecule has 0 saturated heterocycles. The lowest BCUT2D eigenvalue weighted by atomic mass is 9.88. The first kappa shape index (κ1) is 24.7. The molecular formula is C31H28BrFN4O. The average Bonchev–Trinajstić information content (AvgIpc) is 3.20. The standard InChI is InChI=1S/C31H28BrFN4O/c1-20-26(24-12-6-8-14-29(24)36(20)19-22-11-5-7-13-27(22)33)18-34-37-30(21-9-3-2-4-10-21)35-28-16-15-23(32)17-25(28)31(37)38/h5-8,11-18,21H,2-4,9-10,19H2,1H3. The largest absolute Gasteiger partial charge is 0.340 e. The third kappa shape index (κ3) is 4.49. The van der Waals surface area contributed by atoms with Gasteiger partial charge in [-0.3, -0.25) is 4.79 Å². The molecule has 5 aromatic rings. The van der Waals surface area contributed by atoms with Crippen LogP contribution in [0.1, 0.15) is 60.7 Å². The Balaban J connectivity index is 1.50. The van der Waals surface area contributed by atoms with Crippen LogP contribution in [-0.2, 0) is 6.54 Å². The van der Waals surface area contributed by atoms with Crippen LogP contribution in [0.5, 0.6) is 0 Å². The normalized spacial score (nSPS) is 14.7. The summed E-state index contributed by atoms with van der Waals surface area (Å²) in [6.45, 7) is 2.43. The minimum Gasteiger partial charge on any atom is -0.340 e. The minimum atomic E-state index is -0.225. The van der Waals surface area contributed by atoms with Crippen molar-refractivity contribution in [2.45, 2.75) is 51.5 Å². The van der Waals surface area contributed by atoms with Crippen molar-refractivity contribution in [2.75, 3.05) is 0 Å². The summed E-state index contributed by atoms with van der Waals surface area (Å²) in [5, 5.41) is 6.34. The molecule has 2 heterocycles. The van der Waals surface area contributed by atoms with Gasteiger partial charge >= 0.3 is 0 Å². The predicted octanol–water partition coefficient (Wildman–Crippen LogP) is 7.54. The number of aromatic nitrogens is 3. The molecule has 3 aromatic carbocycles. The maximum Gasteiger partial charge on any atom is 0.282 e. The first-order chi connectivity index (χ1) is 18.5. The monoisotopic (exact) mass is 570 g/mol. The third-order valence-electron chi connectivity index (χ3n) is 7.67. The second-order valence-electron chi connectivity index (χ2n) is 10.0. The molecule has 192 valence electrons. The number of nitrogens with zero attached hydrogens (tertiary/aromatic N) is 4. The van der Waals surface area contributed by atoms with E-state index in [0.717, 1.165) is 58.1 Å². The van der Waals surface area contributed by atoms with Gasteiger partial charge in [-0.25, -0.2) is 9.37 Å². The molecule has 0 aliphatic heterocycles. The molecule has 7 heteroatoms. The van der Waals surface area contributed by atoms with Gasteiger partial charge in [-0.05, 0) is 50.1 Å². The number of benzene rings is 3. The summed E-state index contributed by atoms with van der Waals surface area (Å²) in [4.78, 5) is 18.7. The Bertz CT molecular complexity index is 1750. The molecule has 2 aromatic heterocycles. The van der Waals surface area contributed by atoms with E-state index in [2.05, 4.69) is 20.5 Å². The summed E-state index contributed by atoms with van der Waals surface area (Å²) in [6, 6.07) is 20.5. The van der Waals surface area contributed by atoms with E-state index in [1.807, 2.05) is 61.5 Å². The van der Waals surface area contributed by atoms with Gasteiger partial charge in [0.15, 0.2) is 0 Å². The first-order valence-corrected chi connectivity index (χ1v) is 13.9. The van der Waals surface area contributed by atoms with Crippen LogP contribution in [0.2, 0.25) is 0 Å². The van der Waals surface area contributed by atoms with Crippen molar-refractivity contribution in [1.82, 2.24) is 14.2 Å². The Labute approximate surface area is 228 Å². The molecule has 0 amide bonds. The zero-order valence-corrected chi connectivity index (χ0v) is 22.8. The SMILES string of the molecule is Cc1c(C=Nn2c(C3CCCCC3)nc3ccc(Br)cc3c2=O)c2ccccc2n1Cc1ccccc1F. The van der Waals surface area contributed by atoms with Crippen molar-refractivity contribution >= 4 is 44.0 Å². The van der Waals surface area contributed by atoms with Gasteiger partial charge < -0.3 is 4.57 Å². The number of para-hydroxylation sites is 1. The summed E-state index contributed by atoms with van der Waals surface area (Å²) in [5.74, 6) is 0.704. The van der Waals surface area contributed by atoms with Crippen LogP contribution >= 0.6 is 15.9 Å². The number of fused-ring (bicyclic) bond motifs is 2. The molecule has 1 aliphatic rings. The van der Waals surface area contributed by atoms with Crippen LogP contribution in [0.25, 0.3) is 21.8 Å². The molecule has 0 unspecified atom stereocenters. The van der Waals surface area contributed by atoms with Crippen molar-refractivity contribution in [3.8, 4) is 0 Å². The summed E-state index contributed by atoms with van der Waals surface area (Å²) in [5.41, 5.74) is 4.02. The Morgan fingerprint density at radius 1 is 1.03 bits per heavy atom. The molecule has 0 atom stereocenters. The van der Waals surface area contributed by atoms with Crippen LogP contribution in [0.3, 0.4) is 0 Å². The highest BCUT2D eigenvalue weighted by Gasteiger charge is 2.23. The Morgan fingerprint density at radius 2 is 1.79 bits per heavy atom. The van der Waals surface area contributed by atoms with Gasteiger partial charge in [-0.15, -0.1) is 0 Å². The van der Waals surface area contributed by atoms with Crippen LogP contribution in [-0.4, -0.2) is 20.4 Å². The fraction of sp³-hybridized carbons (Fsp3) is 0.258. The minimum absolute atomic E-state index is 0.166. The van der Waals surface area contributed by atoms with Crippen molar-refractivity contribution in [2.24, 2.45) is 5.10 Å². The zero-order chi connectivity index (χ0) is 26.2. The molecule has 1 fully saturated rings. The van der Waals surface area contributed by atoms with Gasteiger partial charge in [-0.2, -0.15) is 9.78 Å². The maximum atomic E-state index is 14.5. The number of hydrogen-bond acceptors (Lipinski definition) is 3. The molecule has 38 heavy (non-hydrogen) atoms. The molecule has 6 rings (SSSR count). The molecular weight excluding hydrogens is 543 g/mol. The van der Waals surface area contributed by atoms with Crippen molar-refractivity contribution in [3.05, 3.63) is 110 Å². The number of rotatable bonds is 5. The summed E-state index contributed by atoms with van der Waals surface area (Å²) >= 11 is 3.49. The average molecular weight is 571 g/mol. The van der Waals surface area contributed by atoms with E-state index in [0.29, 0.717) is 23.0 Å². The van der Waals surface area contributed by atoms with E-state index in [1.165, 1.54) is 17.2 Å². The highest BCUT2D eigenvalue weighted by atomic mass is 79.9. The fourth-order valence-corrected chi connectivity index (χ4v) is 6.00. The zero-order valence-electron chi connectivity index (χ0n) is 21.2. The number of halogens is 2. The lowest BCUT2D eigenvalue weighted by Gasteiger charge is -2.22. The fourth-order valence-electron chi connectivity index (χ4n) is 5.64. The van der Waals surface area contributed by atoms with Gasteiger partial charge in [0.1, 0.15) is 11.6 Å². The quantitative estimate of drug-likeness (QED) is 0.205. The van der Waals surface area contributed by atoms with Gasteiger partial charge in [-0.1, -0.05) is 71.6 Å². The van der Waals surface area contributed by atoms with Gasteiger partial charge in [0, 0.05) is 38.1 Å². The summed E-state index contributed by atoms with van der Waals surface area (Å²) < 4.78 is 19.0. The lowest BCUT2D eigenvalue weighted by Crippen LogP contribution is -2.25. The van der Waals surface area contributed by atoms with Crippen molar-refractivity contribution < 1.29 is 4.39 Å². The van der Waals surface area contributed by atoms with E-state index in [9.17, 15) is 9.18 Å². The van der Waals surface area contributed by atoms with Crippen LogP contribution in [0.4, 0.5) is 4.39 Å². The molecule has 1 saturated carbocycles. The smallest absolute Gasteiger partial charge is 0.282 e. The first-order valence-electron chi connectivity index (χ1n) is 13.1. The topological polar surface area (TPSA) is 52.2 Å². The predicted molar refractivity (Wildman–Crippen MR) is 155 cm³/mol. The lowest BCUT2D eigenvalue weighted by molar-refractivity contribution is 0.416. The molecule has 5 nitrogen and oxygen atoms in total. The van der Waals surface area contributed by atoms with Crippen molar-refractivity contribution in [3.63, 3.8) is 0 Å². The third-order valence-corrected chi connectivity index (χ3v) is 8.17. The van der Waals surface area contributed by atoms with Crippen LogP contribution in [0.15, 0.2) is 81.1 Å². The molecule has 0 radical (unpaired) electrons. The van der Waals surface area contributed by atoms with E-state index in [4.69, 9.17) is 10.1 Å². The molecule has 1 aliphatic carbocycles. The van der Waals surface area contributed by atoms with E-state index in [-0.39, 0.29) is 17.3 Å². The highest BCUT2D eigenvalue weighted by Crippen LogP contribution is 2.32. The second kappa shape index (κ2) is 10.3. The maximum absolute atomic E-state index is 14.5. The van der Waals surface area contributed by atoms with Crippen LogP contribution in [0, 0.1) is 12.7 Å². The second-order valence-corrected chi connectivity index (χ2v) is 10.9. The summed E-state index contributed by atoms with van der Waals surface area (Å²) in [7, 11) is 0. The number of hydrogen-bond donors (Lipinski definition) is 0. The Hall–Kier alpha value is -3.58. The van der Waals surface area contributed by atoms with E-state index in [1.54, 1.807) is 12.3 Å². The molecule has 0 N–H and O–H groups in total. The highest BCUT2D eigenvalue weighted by molar-refractivity contribution is 9.10. The molecule has 0 bridgehead atoms.